The highest BCUT2D eigenvalue weighted by atomic mass is 32.2. The maximum Gasteiger partial charge on any atom is 0.179 e. The van der Waals surface area contributed by atoms with Gasteiger partial charge in [-0.2, -0.15) is 11.8 Å². The maximum absolute atomic E-state index is 13.6. The standard InChI is InChI=1S/C22H29NO5S2/c1-5-10-29-18-8-6-7-17(24)20(18)21(25)15-12-13(2)22-19(14(15)3)16(23-28-4)9-11-30(22,26)27/h12,18,20H,5-11H2,1-4H3. The van der Waals surface area contributed by atoms with E-state index in [0.717, 1.165) is 25.0 Å². The van der Waals surface area contributed by atoms with Gasteiger partial charge in [-0.05, 0) is 56.1 Å². The zero-order valence-electron chi connectivity index (χ0n) is 18.0. The fourth-order valence-corrected chi connectivity index (χ4v) is 7.63. The molecule has 1 aliphatic heterocycles. The molecule has 30 heavy (non-hydrogen) atoms. The first-order valence-electron chi connectivity index (χ1n) is 10.4. The van der Waals surface area contributed by atoms with Gasteiger partial charge in [0.2, 0.25) is 0 Å². The molecule has 0 saturated heterocycles. The Morgan fingerprint density at radius 1 is 1.30 bits per heavy atom. The Morgan fingerprint density at radius 3 is 2.70 bits per heavy atom. The first-order valence-corrected chi connectivity index (χ1v) is 13.1. The lowest BCUT2D eigenvalue weighted by Crippen LogP contribution is -2.38. The molecule has 0 N–H and O–H groups in total. The van der Waals surface area contributed by atoms with Crippen LogP contribution in [0.25, 0.3) is 0 Å². The van der Waals surface area contributed by atoms with Crippen molar-refractivity contribution in [3.05, 3.63) is 28.3 Å². The van der Waals surface area contributed by atoms with Crippen LogP contribution in [0.15, 0.2) is 16.1 Å². The Hall–Kier alpha value is -1.67. The Bertz CT molecular complexity index is 997. The molecule has 1 fully saturated rings. The normalized spacial score (nSPS) is 24.5. The van der Waals surface area contributed by atoms with Crippen molar-refractivity contribution in [1.82, 2.24) is 0 Å². The molecule has 2 aliphatic rings. The fraction of sp³-hybridized carbons (Fsp3) is 0.591. The number of aryl methyl sites for hydroxylation is 1. The molecule has 1 saturated carbocycles. The summed E-state index contributed by atoms with van der Waals surface area (Å²) in [4.78, 5) is 31.6. The predicted molar refractivity (Wildman–Crippen MR) is 119 cm³/mol. The number of fused-ring (bicyclic) bond motifs is 1. The van der Waals surface area contributed by atoms with Crippen LogP contribution in [-0.4, -0.2) is 49.6 Å². The summed E-state index contributed by atoms with van der Waals surface area (Å²) in [6.07, 6.45) is 3.31. The van der Waals surface area contributed by atoms with Crippen molar-refractivity contribution in [3.8, 4) is 0 Å². The molecular formula is C22H29NO5S2. The molecule has 0 amide bonds. The first kappa shape index (κ1) is 23.0. The Labute approximate surface area is 182 Å². The van der Waals surface area contributed by atoms with Gasteiger partial charge in [0, 0.05) is 29.2 Å². The minimum Gasteiger partial charge on any atom is -0.399 e. The highest BCUT2D eigenvalue weighted by Crippen LogP contribution is 2.38. The van der Waals surface area contributed by atoms with Crippen molar-refractivity contribution in [2.75, 3.05) is 18.6 Å². The summed E-state index contributed by atoms with van der Waals surface area (Å²) < 4.78 is 25.5. The monoisotopic (exact) mass is 451 g/mol. The lowest BCUT2D eigenvalue weighted by Gasteiger charge is -2.30. The van der Waals surface area contributed by atoms with Crippen LogP contribution in [0.3, 0.4) is 0 Å². The summed E-state index contributed by atoms with van der Waals surface area (Å²) in [6, 6.07) is 1.65. The second kappa shape index (κ2) is 9.22. The van der Waals surface area contributed by atoms with Crippen LogP contribution in [0.4, 0.5) is 0 Å². The molecule has 2 unspecified atom stereocenters. The molecule has 8 heteroatoms. The summed E-state index contributed by atoms with van der Waals surface area (Å²) in [6.45, 7) is 5.54. The minimum atomic E-state index is -3.47. The molecule has 6 nitrogen and oxygen atoms in total. The second-order valence-corrected chi connectivity index (χ2v) is 11.4. The second-order valence-electron chi connectivity index (χ2n) is 7.97. The number of hydrogen-bond acceptors (Lipinski definition) is 7. The van der Waals surface area contributed by atoms with E-state index in [2.05, 4.69) is 12.1 Å². The quantitative estimate of drug-likeness (QED) is 0.370. The molecule has 1 aromatic carbocycles. The SMILES string of the molecule is CCCSC1CCCC(=O)C1C(=O)c1cc(C)c2c(c1C)C(=NOC)CCS2(=O)=O. The average molecular weight is 452 g/mol. The number of hydrogen-bond donors (Lipinski definition) is 0. The molecule has 0 spiro atoms. The van der Waals surface area contributed by atoms with Crippen LogP contribution < -0.4 is 0 Å². The van der Waals surface area contributed by atoms with Gasteiger partial charge in [-0.15, -0.1) is 0 Å². The smallest absolute Gasteiger partial charge is 0.179 e. The Kier molecular flexibility index (Phi) is 7.07. The van der Waals surface area contributed by atoms with Gasteiger partial charge in [-0.25, -0.2) is 8.42 Å². The van der Waals surface area contributed by atoms with E-state index in [1.54, 1.807) is 31.7 Å². The van der Waals surface area contributed by atoms with E-state index in [1.807, 2.05) is 0 Å². The number of thioether (sulfide) groups is 1. The van der Waals surface area contributed by atoms with Crippen LogP contribution in [0.5, 0.6) is 0 Å². The molecule has 164 valence electrons. The molecule has 0 radical (unpaired) electrons. The van der Waals surface area contributed by atoms with Crippen LogP contribution in [0.1, 0.15) is 66.1 Å². The average Bonchev–Trinajstić information content (AvgIpc) is 2.69. The van der Waals surface area contributed by atoms with Crippen molar-refractivity contribution in [1.29, 1.82) is 0 Å². The summed E-state index contributed by atoms with van der Waals surface area (Å²) in [5.41, 5.74) is 2.51. The summed E-state index contributed by atoms with van der Waals surface area (Å²) in [7, 11) is -2.05. The number of oxime groups is 1. The van der Waals surface area contributed by atoms with Gasteiger partial charge < -0.3 is 4.84 Å². The molecule has 0 bridgehead atoms. The minimum absolute atomic E-state index is 0.00645. The van der Waals surface area contributed by atoms with E-state index in [0.29, 0.717) is 34.4 Å². The van der Waals surface area contributed by atoms with Crippen LogP contribution in [0, 0.1) is 19.8 Å². The van der Waals surface area contributed by atoms with E-state index >= 15 is 0 Å². The third kappa shape index (κ3) is 4.21. The van der Waals surface area contributed by atoms with Crippen molar-refractivity contribution < 1.29 is 22.8 Å². The summed E-state index contributed by atoms with van der Waals surface area (Å²) >= 11 is 1.70. The topological polar surface area (TPSA) is 89.9 Å². The maximum atomic E-state index is 13.6. The van der Waals surface area contributed by atoms with Gasteiger partial charge >= 0.3 is 0 Å². The number of Topliss-reactive ketones (excluding diaryl/α,β-unsaturated/α-hetero) is 2. The third-order valence-electron chi connectivity index (χ3n) is 5.85. The molecular weight excluding hydrogens is 422 g/mol. The van der Waals surface area contributed by atoms with Gasteiger partial charge in [0.05, 0.1) is 22.3 Å². The number of sulfone groups is 1. The Morgan fingerprint density at radius 2 is 2.03 bits per heavy atom. The number of benzene rings is 1. The molecule has 1 aliphatic carbocycles. The number of carbonyl (C=O) groups is 2. The van der Waals surface area contributed by atoms with Gasteiger partial charge in [0.15, 0.2) is 15.6 Å². The van der Waals surface area contributed by atoms with Gasteiger partial charge in [-0.1, -0.05) is 12.1 Å². The summed E-state index contributed by atoms with van der Waals surface area (Å²) in [5, 5.41) is 4.02. The van der Waals surface area contributed by atoms with Crippen molar-refractivity contribution >= 4 is 38.9 Å². The van der Waals surface area contributed by atoms with Crippen molar-refractivity contribution in [2.45, 2.75) is 63.0 Å². The first-order chi connectivity index (χ1) is 14.2. The van der Waals surface area contributed by atoms with Gasteiger partial charge in [-0.3, -0.25) is 9.59 Å². The lowest BCUT2D eigenvalue weighted by atomic mass is 9.80. The number of ketones is 2. The van der Waals surface area contributed by atoms with Crippen LogP contribution in [0.2, 0.25) is 0 Å². The zero-order chi connectivity index (χ0) is 22.1. The largest absolute Gasteiger partial charge is 0.399 e. The lowest BCUT2D eigenvalue weighted by molar-refractivity contribution is -0.122. The molecule has 3 rings (SSSR count). The van der Waals surface area contributed by atoms with E-state index in [1.165, 1.54) is 7.11 Å². The number of carbonyl (C=O) groups excluding carboxylic acids is 2. The molecule has 1 aromatic rings. The van der Waals surface area contributed by atoms with Crippen molar-refractivity contribution in [2.24, 2.45) is 11.1 Å². The zero-order valence-corrected chi connectivity index (χ0v) is 19.6. The van der Waals surface area contributed by atoms with E-state index in [4.69, 9.17) is 4.84 Å². The fourth-order valence-electron chi connectivity index (χ4n) is 4.49. The molecule has 0 aromatic heterocycles. The molecule has 1 heterocycles. The Balaban J connectivity index is 2.14. The third-order valence-corrected chi connectivity index (χ3v) is 9.32. The van der Waals surface area contributed by atoms with E-state index < -0.39 is 15.8 Å². The highest BCUT2D eigenvalue weighted by molar-refractivity contribution is 8.00. The summed E-state index contributed by atoms with van der Waals surface area (Å²) in [5.74, 6) is -0.00156. The number of rotatable bonds is 6. The number of nitrogens with zero attached hydrogens (tertiary/aromatic N) is 1. The highest BCUT2D eigenvalue weighted by Gasteiger charge is 2.40. The van der Waals surface area contributed by atoms with Gasteiger partial charge in [0.25, 0.3) is 0 Å². The van der Waals surface area contributed by atoms with E-state index in [9.17, 15) is 18.0 Å². The van der Waals surface area contributed by atoms with Gasteiger partial charge in [0.1, 0.15) is 12.9 Å². The van der Waals surface area contributed by atoms with E-state index in [-0.39, 0.29) is 33.9 Å². The van der Waals surface area contributed by atoms with Crippen molar-refractivity contribution in [3.63, 3.8) is 0 Å². The van der Waals surface area contributed by atoms with Crippen LogP contribution >= 0.6 is 11.8 Å². The molecule has 2 atom stereocenters. The van der Waals surface area contributed by atoms with Crippen LogP contribution in [-0.2, 0) is 19.5 Å². The predicted octanol–water partition coefficient (Wildman–Crippen LogP) is 3.90.